The molecule has 0 saturated heterocycles. The van der Waals surface area contributed by atoms with Crippen LogP contribution in [0, 0.1) is 17.8 Å². The van der Waals surface area contributed by atoms with Crippen LogP contribution in [0.2, 0.25) is 0 Å². The van der Waals surface area contributed by atoms with Gasteiger partial charge in [-0.05, 0) is 69.1 Å². The quantitative estimate of drug-likeness (QED) is 0.0169. The van der Waals surface area contributed by atoms with Crippen LogP contribution in [-0.2, 0) is 65.4 Å². The van der Waals surface area contributed by atoms with Gasteiger partial charge in [0.05, 0.1) is 26.4 Å². The van der Waals surface area contributed by atoms with Gasteiger partial charge in [0.15, 0.2) is 12.2 Å². The highest BCUT2D eigenvalue weighted by Crippen LogP contribution is 2.45. The summed E-state index contributed by atoms with van der Waals surface area (Å²) in [5.41, 5.74) is 0. The Morgan fingerprint density at radius 2 is 0.641 bits per heavy atom. The van der Waals surface area contributed by atoms with Gasteiger partial charge in [-0.3, -0.25) is 37.3 Å². The number of phosphoric ester groups is 2. The summed E-state index contributed by atoms with van der Waals surface area (Å²) in [6, 6.07) is 0. The van der Waals surface area contributed by atoms with Gasteiger partial charge in [0.2, 0.25) is 0 Å². The van der Waals surface area contributed by atoms with Crippen LogP contribution in [0.15, 0.2) is 24.3 Å². The van der Waals surface area contributed by atoms with Crippen molar-refractivity contribution in [1.29, 1.82) is 0 Å². The summed E-state index contributed by atoms with van der Waals surface area (Å²) < 4.78 is 68.3. The van der Waals surface area contributed by atoms with E-state index in [-0.39, 0.29) is 25.7 Å². The molecule has 0 aliphatic heterocycles. The maximum atomic E-state index is 13.0. The molecule has 3 N–H and O–H groups in total. The van der Waals surface area contributed by atoms with Crippen LogP contribution >= 0.6 is 15.6 Å². The van der Waals surface area contributed by atoms with Gasteiger partial charge in [0, 0.05) is 25.7 Å². The van der Waals surface area contributed by atoms with Crippen molar-refractivity contribution < 1.29 is 80.2 Å². The van der Waals surface area contributed by atoms with Crippen molar-refractivity contribution >= 4 is 39.5 Å². The molecule has 0 saturated carbocycles. The monoisotopic (exact) mass is 1350 g/mol. The largest absolute Gasteiger partial charge is 0.472 e. The van der Waals surface area contributed by atoms with E-state index in [9.17, 15) is 43.2 Å². The van der Waals surface area contributed by atoms with E-state index in [1.54, 1.807) is 0 Å². The molecule has 0 radical (unpaired) electrons. The van der Waals surface area contributed by atoms with Gasteiger partial charge in [-0.1, -0.05) is 291 Å². The number of aliphatic hydroxyl groups is 1. The van der Waals surface area contributed by atoms with Gasteiger partial charge >= 0.3 is 39.5 Å². The molecule has 0 spiro atoms. The molecule has 0 aromatic rings. The highest BCUT2D eigenvalue weighted by atomic mass is 31.2. The first-order valence-electron chi connectivity index (χ1n) is 37.2. The highest BCUT2D eigenvalue weighted by molar-refractivity contribution is 7.47. The molecule has 0 aliphatic rings. The minimum absolute atomic E-state index is 0.0844. The Hall–Kier alpha value is -2.46. The number of ether oxygens (including phenoxy) is 4. The maximum absolute atomic E-state index is 13.0. The third-order valence-electron chi connectivity index (χ3n) is 16.6. The van der Waals surface area contributed by atoms with Crippen LogP contribution in [0.25, 0.3) is 0 Å². The van der Waals surface area contributed by atoms with Crippen LogP contribution in [-0.4, -0.2) is 96.7 Å². The van der Waals surface area contributed by atoms with Crippen LogP contribution in [0.1, 0.15) is 344 Å². The molecule has 17 nitrogen and oxygen atoms in total. The first-order valence-corrected chi connectivity index (χ1v) is 40.2. The lowest BCUT2D eigenvalue weighted by Crippen LogP contribution is -2.30. The summed E-state index contributed by atoms with van der Waals surface area (Å²) in [5, 5.41) is 10.6. The summed E-state index contributed by atoms with van der Waals surface area (Å²) in [7, 11) is -9.92. The van der Waals surface area contributed by atoms with Crippen molar-refractivity contribution in [1.82, 2.24) is 0 Å². The standard InChI is InChI=1S/C73H138O17P2/c1-8-10-11-12-13-14-15-16-17-18-21-28-33-42-49-56-72(77)89-68(60-83-70(75)54-47-40-32-27-22-19-20-25-30-37-44-51-64(3)4)62-87-91(79,80)85-58-67(74)59-86-92(81,82)88-63-69(61-84-71(76)55-48-41-36-35-38-45-52-65(5)6)90-73(78)57-50-43-34-29-24-23-26-31-39-46-53-66(7)9-2/h14-17,64-69,74H,8-13,18-63H2,1-7H3,(H,79,80)(H,81,82)/b15-14-,17-16-/t66?,67-,68-,69-/m1/s1. The molecule has 0 amide bonds. The third-order valence-corrected chi connectivity index (χ3v) is 18.5. The van der Waals surface area contributed by atoms with E-state index in [0.717, 1.165) is 121 Å². The molecule has 0 bridgehead atoms. The van der Waals surface area contributed by atoms with Crippen LogP contribution in [0.3, 0.4) is 0 Å². The maximum Gasteiger partial charge on any atom is 0.472 e. The van der Waals surface area contributed by atoms with Gasteiger partial charge in [0.1, 0.15) is 19.3 Å². The van der Waals surface area contributed by atoms with Crippen molar-refractivity contribution in [2.45, 2.75) is 362 Å². The fourth-order valence-electron chi connectivity index (χ4n) is 10.5. The summed E-state index contributed by atoms with van der Waals surface area (Å²) in [5.74, 6) is 0.0930. The Labute approximate surface area is 561 Å². The molecule has 0 rings (SSSR count). The predicted octanol–water partition coefficient (Wildman–Crippen LogP) is 20.6. The molecule has 542 valence electrons. The van der Waals surface area contributed by atoms with Crippen molar-refractivity contribution in [2.75, 3.05) is 39.6 Å². The summed E-state index contributed by atoms with van der Waals surface area (Å²) in [6.45, 7) is 11.7. The average molecular weight is 1350 g/mol. The minimum Gasteiger partial charge on any atom is -0.462 e. The van der Waals surface area contributed by atoms with Crippen molar-refractivity contribution in [3.8, 4) is 0 Å². The fourth-order valence-corrected chi connectivity index (χ4v) is 12.1. The number of rotatable bonds is 69. The second-order valence-corrected chi connectivity index (χ2v) is 29.7. The molecule has 19 heteroatoms. The van der Waals surface area contributed by atoms with E-state index in [1.807, 2.05) is 0 Å². The molecule has 6 atom stereocenters. The zero-order valence-corrected chi connectivity index (χ0v) is 61.3. The molecule has 3 unspecified atom stereocenters. The second kappa shape index (κ2) is 63.3. The van der Waals surface area contributed by atoms with Crippen molar-refractivity contribution in [3.63, 3.8) is 0 Å². The second-order valence-electron chi connectivity index (χ2n) is 26.8. The zero-order chi connectivity index (χ0) is 68.0. The Kier molecular flexibility index (Phi) is 61.6. The normalized spacial score (nSPS) is 14.6. The number of aliphatic hydroxyl groups excluding tert-OH is 1. The van der Waals surface area contributed by atoms with Gasteiger partial charge in [-0.25, -0.2) is 9.13 Å². The van der Waals surface area contributed by atoms with Gasteiger partial charge < -0.3 is 33.8 Å². The first kappa shape index (κ1) is 89.5. The van der Waals surface area contributed by atoms with Gasteiger partial charge in [-0.2, -0.15) is 0 Å². The number of hydrogen-bond acceptors (Lipinski definition) is 15. The van der Waals surface area contributed by atoms with E-state index < -0.39 is 97.5 Å². The molecular formula is C73H138O17P2. The number of hydrogen-bond donors (Lipinski definition) is 3. The number of allylic oxidation sites excluding steroid dienone is 4. The molecule has 0 fully saturated rings. The van der Waals surface area contributed by atoms with Crippen LogP contribution < -0.4 is 0 Å². The SMILES string of the molecule is CCCCCC/C=C\C=C/CCCCCCCC(=O)O[C@H](COC(=O)CCCCCCCCCCCCCC(C)C)COP(=O)(O)OC[C@@H](O)COP(=O)(O)OC[C@@H](COC(=O)CCCCCCCCC(C)C)OC(=O)CCCCCCCCCCCCC(C)CC. The Bertz CT molecular complexity index is 1900. The van der Waals surface area contributed by atoms with Gasteiger partial charge in [-0.15, -0.1) is 0 Å². The number of carbonyl (C=O) groups excluding carboxylic acids is 4. The van der Waals surface area contributed by atoms with Crippen LogP contribution in [0.4, 0.5) is 0 Å². The predicted molar refractivity (Wildman–Crippen MR) is 372 cm³/mol. The minimum atomic E-state index is -4.96. The molecule has 0 heterocycles. The Morgan fingerprint density at radius 3 is 0.967 bits per heavy atom. The lowest BCUT2D eigenvalue weighted by molar-refractivity contribution is -0.161. The number of phosphoric acid groups is 2. The molecule has 92 heavy (non-hydrogen) atoms. The summed E-state index contributed by atoms with van der Waals surface area (Å²) in [4.78, 5) is 72.6. The Morgan fingerprint density at radius 1 is 0.359 bits per heavy atom. The zero-order valence-electron chi connectivity index (χ0n) is 59.5. The topological polar surface area (TPSA) is 237 Å². The smallest absolute Gasteiger partial charge is 0.462 e. The molecule has 0 aliphatic carbocycles. The number of esters is 4. The molecular weight excluding hydrogens is 1210 g/mol. The Balaban J connectivity index is 5.29. The van der Waals surface area contributed by atoms with Crippen molar-refractivity contribution in [3.05, 3.63) is 24.3 Å². The summed E-state index contributed by atoms with van der Waals surface area (Å²) in [6.07, 6.45) is 50.8. The van der Waals surface area contributed by atoms with Crippen LogP contribution in [0.5, 0.6) is 0 Å². The van der Waals surface area contributed by atoms with Gasteiger partial charge in [0.25, 0.3) is 0 Å². The fraction of sp³-hybridized carbons (Fsp3) is 0.890. The van der Waals surface area contributed by atoms with E-state index in [4.69, 9.17) is 37.0 Å². The van der Waals surface area contributed by atoms with E-state index in [0.29, 0.717) is 31.6 Å². The number of carbonyl (C=O) groups is 4. The molecule has 0 aromatic carbocycles. The lowest BCUT2D eigenvalue weighted by Gasteiger charge is -2.21. The lowest BCUT2D eigenvalue weighted by atomic mass is 9.99. The van der Waals surface area contributed by atoms with E-state index >= 15 is 0 Å². The van der Waals surface area contributed by atoms with E-state index in [1.165, 1.54) is 135 Å². The average Bonchev–Trinajstić information content (AvgIpc) is 2.76. The number of unbranched alkanes of at least 4 members (excludes halogenated alkanes) is 33. The van der Waals surface area contributed by atoms with E-state index in [2.05, 4.69) is 72.8 Å². The van der Waals surface area contributed by atoms with Crippen molar-refractivity contribution in [2.24, 2.45) is 17.8 Å². The summed E-state index contributed by atoms with van der Waals surface area (Å²) >= 11 is 0. The highest BCUT2D eigenvalue weighted by Gasteiger charge is 2.30. The molecule has 0 aromatic heterocycles. The third kappa shape index (κ3) is 64.9. The first-order chi connectivity index (χ1) is 44.3.